The molecule has 0 fully saturated rings. The first kappa shape index (κ1) is 20.4. The molecule has 0 spiro atoms. The molecule has 0 saturated carbocycles. The van der Waals surface area contributed by atoms with E-state index >= 15 is 0 Å². The number of halogens is 2. The maximum absolute atomic E-state index is 12.4. The van der Waals surface area contributed by atoms with Gasteiger partial charge < -0.3 is 14.8 Å². The zero-order valence-corrected chi connectivity index (χ0v) is 15.1. The average molecular weight is 377 g/mol. The Labute approximate surface area is 156 Å². The van der Waals surface area contributed by atoms with E-state index < -0.39 is 12.5 Å². The number of nitrogens with one attached hydrogen (secondary N) is 1. The van der Waals surface area contributed by atoms with E-state index in [1.165, 1.54) is 25.3 Å². The number of carbonyl (C=O) groups excluding carboxylic acids is 2. The molecule has 144 valence electrons. The number of amides is 1. The predicted molar refractivity (Wildman–Crippen MR) is 97.6 cm³/mol. The number of hydrogen-bond donors (Lipinski definition) is 1. The fourth-order valence-electron chi connectivity index (χ4n) is 2.46. The lowest BCUT2D eigenvalue weighted by Crippen LogP contribution is -2.14. The van der Waals surface area contributed by atoms with E-state index in [4.69, 9.17) is 4.74 Å². The number of alkyl halides is 2. The third-order valence-electron chi connectivity index (χ3n) is 3.93. The van der Waals surface area contributed by atoms with Crippen molar-refractivity contribution in [3.8, 4) is 11.5 Å². The molecule has 0 heterocycles. The highest BCUT2D eigenvalue weighted by Gasteiger charge is 2.13. The third kappa shape index (κ3) is 6.06. The first-order chi connectivity index (χ1) is 12.9. The van der Waals surface area contributed by atoms with E-state index in [1.807, 2.05) is 19.1 Å². The highest BCUT2D eigenvalue weighted by Crippen LogP contribution is 2.31. The van der Waals surface area contributed by atoms with Crippen LogP contribution in [0.1, 0.15) is 35.7 Å². The van der Waals surface area contributed by atoms with Crippen LogP contribution in [-0.4, -0.2) is 25.4 Å². The Balaban J connectivity index is 1.93. The van der Waals surface area contributed by atoms with Crippen molar-refractivity contribution in [2.24, 2.45) is 0 Å². The topological polar surface area (TPSA) is 64.6 Å². The first-order valence-electron chi connectivity index (χ1n) is 8.47. The van der Waals surface area contributed by atoms with Gasteiger partial charge in [-0.1, -0.05) is 31.2 Å². The number of hydrogen-bond acceptors (Lipinski definition) is 4. The van der Waals surface area contributed by atoms with Gasteiger partial charge in [-0.3, -0.25) is 9.59 Å². The second-order valence-corrected chi connectivity index (χ2v) is 5.77. The van der Waals surface area contributed by atoms with E-state index in [1.54, 1.807) is 12.1 Å². The maximum Gasteiger partial charge on any atom is 0.387 e. The summed E-state index contributed by atoms with van der Waals surface area (Å²) in [6.07, 6.45) is 0.912. The van der Waals surface area contributed by atoms with Gasteiger partial charge in [0.25, 0.3) is 0 Å². The fraction of sp³-hybridized carbons (Fsp3) is 0.300. The molecule has 0 unspecified atom stereocenters. The van der Waals surface area contributed by atoms with Crippen molar-refractivity contribution >= 4 is 17.4 Å². The molecule has 5 nitrogen and oxygen atoms in total. The maximum atomic E-state index is 12.4. The largest absolute Gasteiger partial charge is 0.493 e. The molecule has 0 radical (unpaired) electrons. The molecule has 1 amide bonds. The van der Waals surface area contributed by atoms with Crippen molar-refractivity contribution in [1.82, 2.24) is 0 Å². The Hall–Kier alpha value is -2.96. The molecule has 0 saturated heterocycles. The number of carbonyl (C=O) groups is 2. The van der Waals surface area contributed by atoms with Crippen molar-refractivity contribution in [2.75, 3.05) is 12.4 Å². The van der Waals surface area contributed by atoms with Crippen molar-refractivity contribution in [3.05, 3.63) is 53.6 Å². The lowest BCUT2D eigenvalue weighted by molar-refractivity contribution is -0.116. The molecular weight excluding hydrogens is 356 g/mol. The van der Waals surface area contributed by atoms with Crippen LogP contribution in [0.4, 0.5) is 14.5 Å². The average Bonchev–Trinajstić information content (AvgIpc) is 2.66. The van der Waals surface area contributed by atoms with Crippen LogP contribution in [0.15, 0.2) is 42.5 Å². The van der Waals surface area contributed by atoms with Gasteiger partial charge in [0.1, 0.15) is 0 Å². The molecule has 2 rings (SSSR count). The smallest absolute Gasteiger partial charge is 0.387 e. The Kier molecular flexibility index (Phi) is 7.28. The molecule has 0 aromatic heterocycles. The summed E-state index contributed by atoms with van der Waals surface area (Å²) in [5.74, 6) is -0.595. The summed E-state index contributed by atoms with van der Waals surface area (Å²) >= 11 is 0. The lowest BCUT2D eigenvalue weighted by Gasteiger charge is -2.12. The highest BCUT2D eigenvalue weighted by atomic mass is 19.3. The van der Waals surface area contributed by atoms with Crippen LogP contribution in [0.5, 0.6) is 11.5 Å². The summed E-state index contributed by atoms with van der Waals surface area (Å²) in [6, 6.07) is 11.4. The Morgan fingerprint density at radius 2 is 1.74 bits per heavy atom. The normalized spacial score (nSPS) is 10.6. The van der Waals surface area contributed by atoms with E-state index in [9.17, 15) is 18.4 Å². The zero-order valence-electron chi connectivity index (χ0n) is 15.1. The Morgan fingerprint density at radius 1 is 1.04 bits per heavy atom. The Bertz CT molecular complexity index is 791. The fourth-order valence-corrected chi connectivity index (χ4v) is 2.46. The summed E-state index contributed by atoms with van der Waals surface area (Å²) < 4.78 is 34.2. The molecule has 2 aromatic carbocycles. The number of rotatable bonds is 9. The summed E-state index contributed by atoms with van der Waals surface area (Å²) in [7, 11) is 1.32. The second kappa shape index (κ2) is 9.66. The Morgan fingerprint density at radius 3 is 2.33 bits per heavy atom. The van der Waals surface area contributed by atoms with Crippen molar-refractivity contribution in [1.29, 1.82) is 0 Å². The second-order valence-electron chi connectivity index (χ2n) is 5.77. The van der Waals surface area contributed by atoms with Gasteiger partial charge in [-0.2, -0.15) is 8.78 Å². The van der Waals surface area contributed by atoms with Crippen LogP contribution in [-0.2, 0) is 11.2 Å². The van der Waals surface area contributed by atoms with Crippen LogP contribution in [0.25, 0.3) is 0 Å². The van der Waals surface area contributed by atoms with Crippen molar-refractivity contribution in [2.45, 2.75) is 32.8 Å². The quantitative estimate of drug-likeness (QED) is 0.655. The minimum atomic E-state index is -3.01. The van der Waals surface area contributed by atoms with Crippen LogP contribution in [0.3, 0.4) is 0 Å². The molecule has 0 atom stereocenters. The molecule has 1 N–H and O–H groups in total. The van der Waals surface area contributed by atoms with E-state index in [-0.39, 0.29) is 35.8 Å². The molecule has 0 bridgehead atoms. The van der Waals surface area contributed by atoms with Gasteiger partial charge in [-0.05, 0) is 24.1 Å². The summed E-state index contributed by atoms with van der Waals surface area (Å²) in [5.41, 5.74) is 1.96. The molecule has 0 aliphatic heterocycles. The first-order valence-corrected chi connectivity index (χ1v) is 8.47. The van der Waals surface area contributed by atoms with E-state index in [0.717, 1.165) is 12.0 Å². The van der Waals surface area contributed by atoms with E-state index in [0.29, 0.717) is 5.56 Å². The van der Waals surface area contributed by atoms with Gasteiger partial charge in [0.2, 0.25) is 5.91 Å². The molecule has 7 heteroatoms. The standard InChI is InChI=1S/C20H21F2NO4/c1-3-13-4-6-14(7-5-13)16(24)9-11-19(25)23-15-8-10-17(26-2)18(12-15)27-20(21)22/h4-8,10,12,20H,3,9,11H2,1-2H3,(H,23,25). The number of ketones is 1. The number of aryl methyl sites for hydroxylation is 1. The summed E-state index contributed by atoms with van der Waals surface area (Å²) in [5, 5.41) is 2.56. The number of benzene rings is 2. The van der Waals surface area contributed by atoms with Gasteiger partial charge in [-0.15, -0.1) is 0 Å². The third-order valence-corrected chi connectivity index (χ3v) is 3.93. The van der Waals surface area contributed by atoms with Gasteiger partial charge in [0, 0.05) is 30.2 Å². The van der Waals surface area contributed by atoms with Crippen molar-refractivity contribution < 1.29 is 27.8 Å². The van der Waals surface area contributed by atoms with Gasteiger partial charge in [-0.25, -0.2) is 0 Å². The van der Waals surface area contributed by atoms with Crippen LogP contribution < -0.4 is 14.8 Å². The van der Waals surface area contributed by atoms with Gasteiger partial charge >= 0.3 is 6.61 Å². The van der Waals surface area contributed by atoms with E-state index in [2.05, 4.69) is 10.1 Å². The van der Waals surface area contributed by atoms with Crippen molar-refractivity contribution in [3.63, 3.8) is 0 Å². The number of anilines is 1. The number of Topliss-reactive ketones (excluding diaryl/α,β-unsaturated/α-hetero) is 1. The van der Waals surface area contributed by atoms with Gasteiger partial charge in [0.05, 0.1) is 7.11 Å². The molecule has 2 aromatic rings. The summed E-state index contributed by atoms with van der Waals surface area (Å²) in [6.45, 7) is -0.987. The summed E-state index contributed by atoms with van der Waals surface area (Å²) in [4.78, 5) is 24.2. The minimum Gasteiger partial charge on any atom is -0.493 e. The number of ether oxygens (including phenoxy) is 2. The molecule has 0 aliphatic rings. The number of methoxy groups -OCH3 is 1. The highest BCUT2D eigenvalue weighted by molar-refractivity contribution is 6.00. The lowest BCUT2D eigenvalue weighted by atomic mass is 10.0. The van der Waals surface area contributed by atoms with Crippen LogP contribution in [0.2, 0.25) is 0 Å². The molecule has 0 aliphatic carbocycles. The van der Waals surface area contributed by atoms with Crippen LogP contribution >= 0.6 is 0 Å². The monoisotopic (exact) mass is 377 g/mol. The predicted octanol–water partition coefficient (Wildman–Crippen LogP) is 4.46. The van der Waals surface area contributed by atoms with Crippen LogP contribution in [0, 0.1) is 0 Å². The molecular formula is C20H21F2NO4. The SMILES string of the molecule is CCc1ccc(C(=O)CCC(=O)Nc2ccc(OC)c(OC(F)F)c2)cc1. The molecule has 27 heavy (non-hydrogen) atoms. The minimum absolute atomic E-state index is 0.0224. The zero-order chi connectivity index (χ0) is 19.8. The van der Waals surface area contributed by atoms with Gasteiger partial charge in [0.15, 0.2) is 17.3 Å².